The molecular formula is C11H21N3O5. The summed E-state index contributed by atoms with van der Waals surface area (Å²) in [6, 6.07) is -0.459. The highest BCUT2D eigenvalue weighted by Gasteiger charge is 2.13. The van der Waals surface area contributed by atoms with E-state index in [1.807, 2.05) is 0 Å². The van der Waals surface area contributed by atoms with Gasteiger partial charge in [-0.25, -0.2) is 4.79 Å². The number of nitrogens with zero attached hydrogens (tertiary/aromatic N) is 1. The van der Waals surface area contributed by atoms with Crippen molar-refractivity contribution in [3.63, 3.8) is 0 Å². The van der Waals surface area contributed by atoms with Crippen LogP contribution in [0.3, 0.4) is 0 Å². The van der Waals surface area contributed by atoms with Gasteiger partial charge in [0.15, 0.2) is 0 Å². The van der Waals surface area contributed by atoms with Crippen LogP contribution >= 0.6 is 0 Å². The number of hydrogen-bond donors (Lipinski definition) is 3. The predicted octanol–water partition coefficient (Wildman–Crippen LogP) is -0.746. The fourth-order valence-corrected chi connectivity index (χ4v) is 1.21. The van der Waals surface area contributed by atoms with Gasteiger partial charge in [0, 0.05) is 40.7 Å². The zero-order valence-electron chi connectivity index (χ0n) is 11.4. The van der Waals surface area contributed by atoms with Gasteiger partial charge < -0.3 is 25.4 Å². The molecule has 110 valence electrons. The summed E-state index contributed by atoms with van der Waals surface area (Å²) in [6.07, 6.45) is -0.550. The molecule has 0 aromatic heterocycles. The summed E-state index contributed by atoms with van der Waals surface area (Å²) in [6.45, 7) is 0.315. The van der Waals surface area contributed by atoms with Crippen LogP contribution in [0.1, 0.15) is 12.8 Å². The Labute approximate surface area is 112 Å². The lowest BCUT2D eigenvalue weighted by molar-refractivity contribution is -0.139. The highest BCUT2D eigenvalue weighted by atomic mass is 16.5. The van der Waals surface area contributed by atoms with E-state index in [2.05, 4.69) is 10.6 Å². The van der Waals surface area contributed by atoms with Crippen molar-refractivity contribution >= 4 is 17.9 Å². The lowest BCUT2D eigenvalue weighted by Crippen LogP contribution is -2.41. The summed E-state index contributed by atoms with van der Waals surface area (Å²) in [5.41, 5.74) is 0. The summed E-state index contributed by atoms with van der Waals surface area (Å²) in [4.78, 5) is 34.5. The van der Waals surface area contributed by atoms with Crippen LogP contribution in [-0.2, 0) is 14.3 Å². The largest absolute Gasteiger partial charge is 0.481 e. The van der Waals surface area contributed by atoms with Crippen LogP contribution in [0.15, 0.2) is 0 Å². The molecule has 0 aliphatic heterocycles. The number of amides is 3. The zero-order chi connectivity index (χ0) is 14.8. The summed E-state index contributed by atoms with van der Waals surface area (Å²) in [5, 5.41) is 13.6. The highest BCUT2D eigenvalue weighted by Crippen LogP contribution is 1.95. The lowest BCUT2D eigenvalue weighted by atomic mass is 10.2. The third kappa shape index (κ3) is 8.83. The Balaban J connectivity index is 3.80. The van der Waals surface area contributed by atoms with Crippen LogP contribution < -0.4 is 10.6 Å². The zero-order valence-corrected chi connectivity index (χ0v) is 11.4. The Kier molecular flexibility index (Phi) is 8.27. The number of urea groups is 1. The second-order valence-corrected chi connectivity index (χ2v) is 4.13. The minimum Gasteiger partial charge on any atom is -0.481 e. The van der Waals surface area contributed by atoms with Crippen LogP contribution in [0.2, 0.25) is 0 Å². The van der Waals surface area contributed by atoms with E-state index < -0.39 is 18.1 Å². The van der Waals surface area contributed by atoms with Crippen LogP contribution in [0.25, 0.3) is 0 Å². The molecule has 0 aromatic rings. The van der Waals surface area contributed by atoms with E-state index in [-0.39, 0.29) is 31.8 Å². The summed E-state index contributed by atoms with van der Waals surface area (Å²) < 4.78 is 4.90. The molecule has 8 nitrogen and oxygen atoms in total. The Morgan fingerprint density at radius 3 is 2.37 bits per heavy atom. The average molecular weight is 275 g/mol. The molecule has 1 atom stereocenters. The maximum absolute atomic E-state index is 11.4. The average Bonchev–Trinajstić information content (AvgIpc) is 2.33. The first-order chi connectivity index (χ1) is 8.86. The highest BCUT2D eigenvalue weighted by molar-refractivity contribution is 5.78. The van der Waals surface area contributed by atoms with Gasteiger partial charge in [0.05, 0.1) is 12.5 Å². The van der Waals surface area contributed by atoms with Crippen molar-refractivity contribution in [3.8, 4) is 0 Å². The summed E-state index contributed by atoms with van der Waals surface area (Å²) in [7, 11) is 4.65. The van der Waals surface area contributed by atoms with Crippen LogP contribution in [0.4, 0.5) is 4.79 Å². The Bertz CT molecular complexity index is 319. The monoisotopic (exact) mass is 275 g/mol. The van der Waals surface area contributed by atoms with Crippen molar-refractivity contribution < 1.29 is 24.2 Å². The van der Waals surface area contributed by atoms with Crippen molar-refractivity contribution in [1.82, 2.24) is 15.5 Å². The summed E-state index contributed by atoms with van der Waals surface area (Å²) >= 11 is 0. The Morgan fingerprint density at radius 1 is 1.26 bits per heavy atom. The fraction of sp³-hybridized carbons (Fsp3) is 0.727. The van der Waals surface area contributed by atoms with Gasteiger partial charge in [-0.2, -0.15) is 0 Å². The van der Waals surface area contributed by atoms with Gasteiger partial charge in [-0.05, 0) is 0 Å². The van der Waals surface area contributed by atoms with Crippen molar-refractivity contribution in [3.05, 3.63) is 0 Å². The molecule has 0 aromatic carbocycles. The van der Waals surface area contributed by atoms with Crippen LogP contribution in [0.5, 0.6) is 0 Å². The lowest BCUT2D eigenvalue weighted by Gasteiger charge is -2.15. The predicted molar refractivity (Wildman–Crippen MR) is 67.8 cm³/mol. The maximum Gasteiger partial charge on any atom is 0.314 e. The number of carbonyl (C=O) groups is 3. The van der Waals surface area contributed by atoms with E-state index in [1.165, 1.54) is 12.0 Å². The van der Waals surface area contributed by atoms with E-state index in [1.54, 1.807) is 14.1 Å². The van der Waals surface area contributed by atoms with Gasteiger partial charge in [-0.1, -0.05) is 0 Å². The number of nitrogens with one attached hydrogen (secondary N) is 2. The standard InChI is InChI=1S/C11H21N3O5/c1-14(2)9(15)4-5-12-11(18)13-7-8(19-3)6-10(16)17/h8H,4-7H2,1-3H3,(H,16,17)(H2,12,13,18). The molecule has 0 aliphatic carbocycles. The normalized spacial score (nSPS) is 11.5. The first kappa shape index (κ1) is 17.2. The molecule has 0 radical (unpaired) electrons. The van der Waals surface area contributed by atoms with E-state index in [9.17, 15) is 14.4 Å². The minimum absolute atomic E-state index is 0.0825. The topological polar surface area (TPSA) is 108 Å². The Hall–Kier alpha value is -1.83. The maximum atomic E-state index is 11.4. The van der Waals surface area contributed by atoms with Crippen LogP contribution in [-0.4, -0.2) is 68.3 Å². The molecule has 0 spiro atoms. The van der Waals surface area contributed by atoms with Crippen molar-refractivity contribution in [2.24, 2.45) is 0 Å². The van der Waals surface area contributed by atoms with Gasteiger partial charge in [-0.15, -0.1) is 0 Å². The number of carboxylic acids is 1. The molecule has 3 amide bonds. The molecule has 0 heterocycles. The van der Waals surface area contributed by atoms with E-state index in [4.69, 9.17) is 9.84 Å². The second-order valence-electron chi connectivity index (χ2n) is 4.13. The fourth-order valence-electron chi connectivity index (χ4n) is 1.21. The smallest absolute Gasteiger partial charge is 0.314 e. The second kappa shape index (κ2) is 9.15. The molecular weight excluding hydrogens is 254 g/mol. The third-order valence-electron chi connectivity index (χ3n) is 2.35. The molecule has 8 heteroatoms. The first-order valence-electron chi connectivity index (χ1n) is 5.83. The molecule has 0 aliphatic rings. The van der Waals surface area contributed by atoms with E-state index >= 15 is 0 Å². The van der Waals surface area contributed by atoms with E-state index in [0.29, 0.717) is 0 Å². The molecule has 0 bridgehead atoms. The van der Waals surface area contributed by atoms with Crippen molar-refractivity contribution in [2.75, 3.05) is 34.3 Å². The number of methoxy groups -OCH3 is 1. The van der Waals surface area contributed by atoms with Gasteiger partial charge in [-0.3, -0.25) is 9.59 Å². The molecule has 0 fully saturated rings. The number of hydrogen-bond acceptors (Lipinski definition) is 4. The quantitative estimate of drug-likeness (QED) is 0.540. The van der Waals surface area contributed by atoms with Crippen molar-refractivity contribution in [1.29, 1.82) is 0 Å². The van der Waals surface area contributed by atoms with E-state index in [0.717, 1.165) is 0 Å². The SMILES string of the molecule is COC(CNC(=O)NCCC(=O)N(C)C)CC(=O)O. The minimum atomic E-state index is -0.995. The number of aliphatic carboxylic acids is 1. The van der Waals surface area contributed by atoms with Gasteiger partial charge in [0.2, 0.25) is 5.91 Å². The molecule has 0 rings (SSSR count). The molecule has 3 N–H and O–H groups in total. The number of carbonyl (C=O) groups excluding carboxylic acids is 2. The first-order valence-corrected chi connectivity index (χ1v) is 5.83. The molecule has 0 saturated carbocycles. The number of rotatable bonds is 8. The third-order valence-corrected chi connectivity index (χ3v) is 2.35. The number of carboxylic acid groups (broad SMARTS) is 1. The Morgan fingerprint density at radius 2 is 1.89 bits per heavy atom. The number of ether oxygens (including phenoxy) is 1. The molecule has 1 unspecified atom stereocenters. The molecule has 19 heavy (non-hydrogen) atoms. The van der Waals surface area contributed by atoms with Crippen LogP contribution in [0, 0.1) is 0 Å². The summed E-state index contributed by atoms with van der Waals surface area (Å²) in [5.74, 6) is -1.08. The van der Waals surface area contributed by atoms with Gasteiger partial charge >= 0.3 is 12.0 Å². The van der Waals surface area contributed by atoms with Crippen molar-refractivity contribution in [2.45, 2.75) is 18.9 Å². The van der Waals surface area contributed by atoms with Gasteiger partial charge in [0.1, 0.15) is 0 Å². The molecule has 0 saturated heterocycles. The van der Waals surface area contributed by atoms with Gasteiger partial charge in [0.25, 0.3) is 0 Å².